The molecule has 0 aromatic rings. The SMILES string of the molecule is BC/C=C(B)\C=C(\Cl)CC. The van der Waals surface area contributed by atoms with Gasteiger partial charge in [0.25, 0.3) is 0 Å². The largest absolute Gasteiger partial charge is 0.138 e. The predicted molar refractivity (Wildman–Crippen MR) is 54.2 cm³/mol. The van der Waals surface area contributed by atoms with E-state index >= 15 is 0 Å². The van der Waals surface area contributed by atoms with Gasteiger partial charge in [-0.25, -0.2) is 0 Å². The van der Waals surface area contributed by atoms with Gasteiger partial charge in [-0.05, 0) is 6.42 Å². The monoisotopic (exact) mass is 154 g/mol. The first kappa shape index (κ1) is 9.90. The van der Waals surface area contributed by atoms with Gasteiger partial charge in [0.05, 0.1) is 0 Å². The van der Waals surface area contributed by atoms with Crippen LogP contribution in [0, 0.1) is 0 Å². The minimum Gasteiger partial charge on any atom is -0.0987 e. The van der Waals surface area contributed by atoms with Crippen LogP contribution in [0.2, 0.25) is 6.32 Å². The summed E-state index contributed by atoms with van der Waals surface area (Å²) in [5, 5.41) is 0.933. The fourth-order valence-electron chi connectivity index (χ4n) is 0.730. The fourth-order valence-corrected chi connectivity index (χ4v) is 0.902. The summed E-state index contributed by atoms with van der Waals surface area (Å²) in [6.07, 6.45) is 6.19. The Bertz CT molecular complexity index is 150. The maximum absolute atomic E-state index is 5.82. The zero-order chi connectivity index (χ0) is 7.98. The van der Waals surface area contributed by atoms with Crippen LogP contribution in [0.3, 0.4) is 0 Å². The Morgan fingerprint density at radius 1 is 1.60 bits per heavy atom. The normalized spacial score (nSPS) is 13.8. The van der Waals surface area contributed by atoms with Crippen LogP contribution in [0.25, 0.3) is 0 Å². The molecule has 0 saturated carbocycles. The zero-order valence-corrected chi connectivity index (χ0v) is 7.70. The third kappa shape index (κ3) is 4.75. The number of allylic oxidation sites excluding steroid dienone is 4. The molecule has 0 saturated heterocycles. The van der Waals surface area contributed by atoms with Crippen molar-refractivity contribution in [2.75, 3.05) is 0 Å². The second kappa shape index (κ2) is 5.67. The van der Waals surface area contributed by atoms with E-state index in [1.807, 2.05) is 6.08 Å². The fraction of sp³-hybridized carbons (Fsp3) is 0.429. The molecular formula is C7H13B2Cl. The zero-order valence-electron chi connectivity index (χ0n) is 6.95. The lowest BCUT2D eigenvalue weighted by atomic mass is 9.90. The average Bonchev–Trinajstić information content (AvgIpc) is 1.88. The van der Waals surface area contributed by atoms with Crippen molar-refractivity contribution in [3.05, 3.63) is 22.7 Å². The summed E-state index contributed by atoms with van der Waals surface area (Å²) in [7, 11) is 4.19. The molecule has 0 nitrogen and oxygen atoms in total. The molecule has 0 spiro atoms. The summed E-state index contributed by atoms with van der Waals surface area (Å²) < 4.78 is 0. The van der Waals surface area contributed by atoms with E-state index in [-0.39, 0.29) is 0 Å². The van der Waals surface area contributed by atoms with Crippen molar-refractivity contribution in [1.82, 2.24) is 0 Å². The van der Waals surface area contributed by atoms with Crippen LogP contribution < -0.4 is 0 Å². The van der Waals surface area contributed by atoms with E-state index in [0.29, 0.717) is 0 Å². The molecule has 54 valence electrons. The van der Waals surface area contributed by atoms with E-state index in [1.165, 1.54) is 5.47 Å². The van der Waals surface area contributed by atoms with Crippen LogP contribution in [0.5, 0.6) is 0 Å². The van der Waals surface area contributed by atoms with Gasteiger partial charge in [0.15, 0.2) is 0 Å². The Labute approximate surface area is 70.2 Å². The van der Waals surface area contributed by atoms with Crippen LogP contribution in [0.15, 0.2) is 22.7 Å². The maximum Gasteiger partial charge on any atom is 0.138 e. The highest BCUT2D eigenvalue weighted by atomic mass is 35.5. The number of rotatable bonds is 3. The van der Waals surface area contributed by atoms with Crippen molar-refractivity contribution in [1.29, 1.82) is 0 Å². The number of halogens is 1. The van der Waals surface area contributed by atoms with Gasteiger partial charge in [-0.3, -0.25) is 0 Å². The van der Waals surface area contributed by atoms with Crippen molar-refractivity contribution in [2.45, 2.75) is 19.7 Å². The molecule has 0 aromatic carbocycles. The Hall–Kier alpha value is -0.100. The molecule has 0 unspecified atom stereocenters. The summed E-state index contributed by atoms with van der Waals surface area (Å²) in [6.45, 7) is 2.05. The minimum absolute atomic E-state index is 0.927. The Morgan fingerprint density at radius 3 is 2.60 bits per heavy atom. The lowest BCUT2D eigenvalue weighted by molar-refractivity contribution is 1.19. The van der Waals surface area contributed by atoms with Crippen molar-refractivity contribution in [2.24, 2.45) is 0 Å². The molecule has 0 fully saturated rings. The summed E-state index contributed by atoms with van der Waals surface area (Å²) in [4.78, 5) is 0. The molecule has 0 rings (SSSR count). The predicted octanol–water partition coefficient (Wildman–Crippen LogP) is 1.09. The molecule has 0 aliphatic rings. The Kier molecular flexibility index (Phi) is 5.61. The molecule has 0 aromatic heterocycles. The standard InChI is InChI=1S/C7H13B2Cl/c1-2-7(10)5-6(9)3-4-8/h3,5H,2,4,8-9H2,1H3/b6-3+,7-5+. The van der Waals surface area contributed by atoms with E-state index in [4.69, 9.17) is 11.6 Å². The molecule has 10 heavy (non-hydrogen) atoms. The molecule has 0 aliphatic carbocycles. The quantitative estimate of drug-likeness (QED) is 0.421. The van der Waals surface area contributed by atoms with Crippen LogP contribution in [0.4, 0.5) is 0 Å². The van der Waals surface area contributed by atoms with Gasteiger partial charge in [-0.1, -0.05) is 42.5 Å². The highest BCUT2D eigenvalue weighted by Crippen LogP contribution is 2.08. The molecule has 0 amide bonds. The van der Waals surface area contributed by atoms with Crippen molar-refractivity contribution in [3.8, 4) is 0 Å². The van der Waals surface area contributed by atoms with Crippen molar-refractivity contribution in [3.63, 3.8) is 0 Å². The van der Waals surface area contributed by atoms with Crippen LogP contribution in [-0.4, -0.2) is 15.7 Å². The van der Waals surface area contributed by atoms with Gasteiger partial charge >= 0.3 is 0 Å². The Balaban J connectivity index is 3.98. The average molecular weight is 154 g/mol. The molecule has 0 aliphatic heterocycles. The first-order valence-electron chi connectivity index (χ1n) is 3.73. The van der Waals surface area contributed by atoms with Gasteiger partial charge in [0, 0.05) is 5.03 Å². The first-order chi connectivity index (χ1) is 4.70. The summed E-state index contributed by atoms with van der Waals surface area (Å²) in [6, 6.07) is 0. The molecule has 0 heterocycles. The highest BCUT2D eigenvalue weighted by molar-refractivity contribution is 6.31. The first-order valence-corrected chi connectivity index (χ1v) is 4.11. The number of hydrogen-bond acceptors (Lipinski definition) is 0. The molecule has 3 heteroatoms. The van der Waals surface area contributed by atoms with Gasteiger partial charge in [0.2, 0.25) is 0 Å². The van der Waals surface area contributed by atoms with Gasteiger partial charge < -0.3 is 0 Å². The van der Waals surface area contributed by atoms with Crippen LogP contribution in [0.1, 0.15) is 13.3 Å². The van der Waals surface area contributed by atoms with Crippen LogP contribution in [-0.2, 0) is 0 Å². The lowest BCUT2D eigenvalue weighted by Crippen LogP contribution is -1.77. The van der Waals surface area contributed by atoms with Gasteiger partial charge in [-0.2, -0.15) is 0 Å². The molecular weight excluding hydrogens is 141 g/mol. The molecule has 0 radical (unpaired) electrons. The third-order valence-electron chi connectivity index (χ3n) is 1.25. The third-order valence-corrected chi connectivity index (χ3v) is 1.62. The van der Waals surface area contributed by atoms with Gasteiger partial charge in [0.1, 0.15) is 15.7 Å². The van der Waals surface area contributed by atoms with Crippen LogP contribution >= 0.6 is 11.6 Å². The van der Waals surface area contributed by atoms with E-state index in [1.54, 1.807) is 0 Å². The Morgan fingerprint density at radius 2 is 2.20 bits per heavy atom. The van der Waals surface area contributed by atoms with Crippen molar-refractivity contribution >= 4 is 27.3 Å². The number of hydrogen-bond donors (Lipinski definition) is 0. The van der Waals surface area contributed by atoms with E-state index < -0.39 is 0 Å². The highest BCUT2D eigenvalue weighted by Gasteiger charge is 1.86. The molecule has 0 N–H and O–H groups in total. The topological polar surface area (TPSA) is 0 Å². The minimum atomic E-state index is 0.927. The summed E-state index contributed by atoms with van der Waals surface area (Å²) in [5.41, 5.74) is 1.26. The summed E-state index contributed by atoms with van der Waals surface area (Å²) >= 11 is 5.82. The summed E-state index contributed by atoms with van der Waals surface area (Å²) in [5.74, 6) is 0. The van der Waals surface area contributed by atoms with Gasteiger partial charge in [-0.15, -0.1) is 0 Å². The molecule has 0 bridgehead atoms. The molecule has 0 atom stereocenters. The van der Waals surface area contributed by atoms with E-state index in [9.17, 15) is 0 Å². The second-order valence-corrected chi connectivity index (χ2v) is 2.79. The lowest BCUT2D eigenvalue weighted by Gasteiger charge is -1.92. The van der Waals surface area contributed by atoms with E-state index in [2.05, 4.69) is 28.7 Å². The van der Waals surface area contributed by atoms with E-state index in [0.717, 1.165) is 17.8 Å². The smallest absolute Gasteiger partial charge is 0.0987 e. The second-order valence-electron chi connectivity index (χ2n) is 2.30. The maximum atomic E-state index is 5.82. The van der Waals surface area contributed by atoms with Crippen molar-refractivity contribution < 1.29 is 0 Å².